The van der Waals surface area contributed by atoms with Crippen LogP contribution in [0.1, 0.15) is 6.42 Å². The summed E-state index contributed by atoms with van der Waals surface area (Å²) in [6.45, 7) is 1.54. The molecule has 0 N–H and O–H groups in total. The van der Waals surface area contributed by atoms with Crippen LogP contribution in [0, 0.1) is 11.4 Å². The molecule has 2 radical (unpaired) electrons. The van der Waals surface area contributed by atoms with Crippen LogP contribution < -0.4 is 4.74 Å². The third-order valence-corrected chi connectivity index (χ3v) is 2.82. The van der Waals surface area contributed by atoms with Gasteiger partial charge < -0.3 is 9.47 Å². The van der Waals surface area contributed by atoms with Crippen molar-refractivity contribution in [1.29, 1.82) is 0 Å². The van der Waals surface area contributed by atoms with Gasteiger partial charge in [-0.15, -0.1) is 11.3 Å². The van der Waals surface area contributed by atoms with Gasteiger partial charge in [0.15, 0.2) is 0 Å². The third kappa shape index (κ3) is 4.59. The van der Waals surface area contributed by atoms with Gasteiger partial charge in [-0.3, -0.25) is 0 Å². The Bertz CT molecular complexity index is 363. The molecule has 17 heavy (non-hydrogen) atoms. The van der Waals surface area contributed by atoms with Gasteiger partial charge in [0.25, 0.3) is 0 Å². The molecule has 3 heteroatoms. The lowest BCUT2D eigenvalue weighted by Gasteiger charge is -2.10. The van der Waals surface area contributed by atoms with E-state index in [0.29, 0.717) is 0 Å². The van der Waals surface area contributed by atoms with Crippen molar-refractivity contribution in [3.8, 4) is 5.75 Å². The Balaban J connectivity index is 0.000000181. The minimum absolute atomic E-state index is 0.243. The number of thiophene rings is 1. The van der Waals surface area contributed by atoms with Crippen LogP contribution in [-0.4, -0.2) is 19.3 Å². The van der Waals surface area contributed by atoms with E-state index in [4.69, 9.17) is 9.47 Å². The molecule has 1 unspecified atom stereocenters. The Labute approximate surface area is 106 Å². The zero-order valence-corrected chi connectivity index (χ0v) is 10.3. The molecule has 1 saturated heterocycles. The summed E-state index contributed by atoms with van der Waals surface area (Å²) in [5.41, 5.74) is 0. The van der Waals surface area contributed by atoms with Gasteiger partial charge in [-0.1, -0.05) is 18.2 Å². The molecule has 2 aromatic rings. The molecule has 0 saturated carbocycles. The van der Waals surface area contributed by atoms with Gasteiger partial charge in [-0.2, -0.15) is 0 Å². The molecule has 0 spiro atoms. The monoisotopic (exact) mass is 246 g/mol. The number of hydrogen-bond donors (Lipinski definition) is 0. The Kier molecular flexibility index (Phi) is 5.07. The molecule has 0 aliphatic carbocycles. The molecule has 0 amide bonds. The van der Waals surface area contributed by atoms with E-state index in [1.807, 2.05) is 41.8 Å². The Hall–Kier alpha value is -1.32. The fourth-order valence-corrected chi connectivity index (χ4v) is 1.84. The van der Waals surface area contributed by atoms with Gasteiger partial charge in [0.05, 0.1) is 13.2 Å². The molecule has 1 aliphatic heterocycles. The Morgan fingerprint density at radius 3 is 2.71 bits per heavy atom. The van der Waals surface area contributed by atoms with Crippen LogP contribution in [-0.2, 0) is 4.74 Å². The van der Waals surface area contributed by atoms with Gasteiger partial charge in [-0.05, 0) is 29.6 Å². The van der Waals surface area contributed by atoms with Crippen molar-refractivity contribution < 1.29 is 9.47 Å². The van der Waals surface area contributed by atoms with Crippen molar-refractivity contribution in [2.75, 3.05) is 13.2 Å². The number of rotatable bonds is 2. The van der Waals surface area contributed by atoms with Crippen LogP contribution in [0.3, 0.4) is 0 Å². The van der Waals surface area contributed by atoms with Gasteiger partial charge >= 0.3 is 0 Å². The predicted molar refractivity (Wildman–Crippen MR) is 68.3 cm³/mol. The molecular weight excluding hydrogens is 232 g/mol. The standard InChI is InChI=1S/C10H11O2.C4H3S/c1-2-4-9(5-3-1)12-10-6-7-11-8-10;1-2-4-5-3-1/h2-5,10H,6-8H2;1-3H. The smallest absolute Gasteiger partial charge is 0.124 e. The maximum absolute atomic E-state index is 5.63. The van der Waals surface area contributed by atoms with E-state index in [2.05, 4.69) is 11.4 Å². The SMILES string of the molecule is [c]1ccc(OC2CCOC2)cc1.[c]1cccs1. The van der Waals surface area contributed by atoms with E-state index in [0.717, 1.165) is 25.4 Å². The zero-order valence-electron chi connectivity index (χ0n) is 9.46. The van der Waals surface area contributed by atoms with Crippen LogP contribution in [0.4, 0.5) is 0 Å². The van der Waals surface area contributed by atoms with Crippen LogP contribution >= 0.6 is 11.3 Å². The molecule has 0 bridgehead atoms. The van der Waals surface area contributed by atoms with Gasteiger partial charge in [0.2, 0.25) is 0 Å². The fourth-order valence-electron chi connectivity index (χ4n) is 1.44. The van der Waals surface area contributed by atoms with Crippen LogP contribution in [0.2, 0.25) is 0 Å². The van der Waals surface area contributed by atoms with Gasteiger partial charge in [0.1, 0.15) is 11.9 Å². The van der Waals surface area contributed by atoms with Crippen LogP contribution in [0.5, 0.6) is 5.75 Å². The van der Waals surface area contributed by atoms with Crippen LogP contribution in [0.15, 0.2) is 41.8 Å². The van der Waals surface area contributed by atoms with Crippen molar-refractivity contribution >= 4 is 11.3 Å². The minimum Gasteiger partial charge on any atom is -0.488 e. The quantitative estimate of drug-likeness (QED) is 0.810. The highest BCUT2D eigenvalue weighted by Crippen LogP contribution is 2.15. The van der Waals surface area contributed by atoms with E-state index in [1.165, 1.54) is 0 Å². The molecule has 2 heterocycles. The first kappa shape index (κ1) is 12.1. The Morgan fingerprint density at radius 1 is 1.29 bits per heavy atom. The predicted octanol–water partition coefficient (Wildman–Crippen LogP) is 3.20. The maximum atomic E-state index is 5.63. The lowest BCUT2D eigenvalue weighted by molar-refractivity contribution is 0.141. The summed E-state index contributed by atoms with van der Waals surface area (Å²) < 4.78 is 10.8. The zero-order chi connectivity index (χ0) is 11.8. The van der Waals surface area contributed by atoms with E-state index in [-0.39, 0.29) is 6.10 Å². The second-order valence-electron chi connectivity index (χ2n) is 3.57. The normalized spacial score (nSPS) is 18.2. The van der Waals surface area contributed by atoms with E-state index >= 15 is 0 Å². The highest BCUT2D eigenvalue weighted by Gasteiger charge is 2.16. The summed E-state index contributed by atoms with van der Waals surface area (Å²) >= 11 is 1.59. The Morgan fingerprint density at radius 2 is 2.18 bits per heavy atom. The first-order valence-corrected chi connectivity index (χ1v) is 6.43. The average molecular weight is 246 g/mol. The summed E-state index contributed by atoms with van der Waals surface area (Å²) in [6.07, 6.45) is 1.24. The molecule has 1 aromatic heterocycles. The first-order chi connectivity index (χ1) is 8.45. The topological polar surface area (TPSA) is 18.5 Å². The number of benzene rings is 1. The largest absolute Gasteiger partial charge is 0.488 e. The van der Waals surface area contributed by atoms with E-state index < -0.39 is 0 Å². The van der Waals surface area contributed by atoms with Crippen molar-refractivity contribution in [3.05, 3.63) is 53.2 Å². The molecule has 1 atom stereocenters. The summed E-state index contributed by atoms with van der Waals surface area (Å²) in [7, 11) is 0. The number of hydrogen-bond acceptors (Lipinski definition) is 3. The fraction of sp³-hybridized carbons (Fsp3) is 0.286. The van der Waals surface area contributed by atoms with Crippen molar-refractivity contribution in [3.63, 3.8) is 0 Å². The maximum Gasteiger partial charge on any atom is 0.124 e. The molecule has 3 rings (SSSR count). The lowest BCUT2D eigenvalue weighted by atomic mass is 10.3. The van der Waals surface area contributed by atoms with Gasteiger partial charge in [0, 0.05) is 11.8 Å². The molecule has 88 valence electrons. The summed E-state index contributed by atoms with van der Waals surface area (Å²) in [5.74, 6) is 0.907. The van der Waals surface area contributed by atoms with Crippen molar-refractivity contribution in [2.24, 2.45) is 0 Å². The minimum atomic E-state index is 0.243. The second-order valence-corrected chi connectivity index (χ2v) is 4.31. The molecule has 2 nitrogen and oxygen atoms in total. The lowest BCUT2D eigenvalue weighted by Crippen LogP contribution is -2.15. The summed E-state index contributed by atoms with van der Waals surface area (Å²) in [5, 5.41) is 4.89. The van der Waals surface area contributed by atoms with Crippen LogP contribution in [0.25, 0.3) is 0 Å². The average Bonchev–Trinajstić information content (AvgIpc) is 3.06. The van der Waals surface area contributed by atoms with Gasteiger partial charge in [-0.25, -0.2) is 0 Å². The van der Waals surface area contributed by atoms with E-state index in [9.17, 15) is 0 Å². The molecule has 1 fully saturated rings. The molecule has 1 aliphatic rings. The van der Waals surface area contributed by atoms with Crippen molar-refractivity contribution in [2.45, 2.75) is 12.5 Å². The molecule has 1 aromatic carbocycles. The third-order valence-electron chi connectivity index (χ3n) is 2.26. The second kappa shape index (κ2) is 7.09. The highest BCUT2D eigenvalue weighted by atomic mass is 32.1. The first-order valence-electron chi connectivity index (χ1n) is 5.55. The van der Waals surface area contributed by atoms with E-state index in [1.54, 1.807) is 11.3 Å². The number of ether oxygens (including phenoxy) is 2. The van der Waals surface area contributed by atoms with Crippen molar-refractivity contribution in [1.82, 2.24) is 0 Å². The summed E-state index contributed by atoms with van der Waals surface area (Å²) in [4.78, 5) is 0. The highest BCUT2D eigenvalue weighted by molar-refractivity contribution is 7.07. The molecular formula is C14H14O2S. The summed E-state index contributed by atoms with van der Waals surface area (Å²) in [6, 6.07) is 14.3.